The normalized spacial score (nSPS) is 17.3. The monoisotopic (exact) mass is 361 g/mol. The molecule has 1 aliphatic heterocycles. The predicted octanol–water partition coefficient (Wildman–Crippen LogP) is 3.38. The summed E-state index contributed by atoms with van der Waals surface area (Å²) < 4.78 is 26.3. The van der Waals surface area contributed by atoms with E-state index in [2.05, 4.69) is 10.2 Å². The fraction of sp³-hybridized carbons (Fsp3) is 0.421. The molecule has 1 aromatic heterocycles. The number of H-pyrrole nitrogens is 1. The molecule has 26 heavy (non-hydrogen) atoms. The van der Waals surface area contributed by atoms with E-state index in [0.29, 0.717) is 31.1 Å². The van der Waals surface area contributed by atoms with Gasteiger partial charge in [0.1, 0.15) is 11.4 Å². The highest BCUT2D eigenvalue weighted by Crippen LogP contribution is 2.23. The van der Waals surface area contributed by atoms with E-state index in [4.69, 9.17) is 0 Å². The van der Waals surface area contributed by atoms with Gasteiger partial charge in [-0.05, 0) is 55.4 Å². The summed E-state index contributed by atoms with van der Waals surface area (Å²) in [7, 11) is 0. The molecule has 2 aromatic rings. The summed E-state index contributed by atoms with van der Waals surface area (Å²) in [5.41, 5.74) is 1.32. The van der Waals surface area contributed by atoms with Crippen LogP contribution in [0.1, 0.15) is 52.7 Å². The highest BCUT2D eigenvalue weighted by atomic mass is 19.2. The second kappa shape index (κ2) is 7.76. The van der Waals surface area contributed by atoms with Crippen molar-refractivity contribution in [2.75, 3.05) is 13.1 Å². The molecule has 7 heteroatoms. The van der Waals surface area contributed by atoms with E-state index >= 15 is 0 Å². The van der Waals surface area contributed by atoms with Gasteiger partial charge in [-0.15, -0.1) is 0 Å². The van der Waals surface area contributed by atoms with E-state index in [-0.39, 0.29) is 17.4 Å². The molecule has 1 amide bonds. The standard InChI is InChI=1S/C19H21F2N3O2/c1-12(25)17-10-18(23-22-17)19(26)24-8-2-3-14(11-24)5-4-13-6-7-15(20)16(21)9-13/h6-7,9-10,14H,2-5,8,11H2,1H3,(H,22,23)/t14-/m0/s1. The Labute approximate surface area is 150 Å². The van der Waals surface area contributed by atoms with Crippen LogP contribution in [0.15, 0.2) is 24.3 Å². The highest BCUT2D eigenvalue weighted by molar-refractivity contribution is 5.97. The van der Waals surface area contributed by atoms with E-state index in [9.17, 15) is 18.4 Å². The van der Waals surface area contributed by atoms with Crippen molar-refractivity contribution in [3.05, 3.63) is 52.9 Å². The minimum Gasteiger partial charge on any atom is -0.337 e. The topological polar surface area (TPSA) is 66.1 Å². The van der Waals surface area contributed by atoms with Crippen molar-refractivity contribution >= 4 is 11.7 Å². The lowest BCUT2D eigenvalue weighted by Crippen LogP contribution is -2.40. The minimum atomic E-state index is -0.840. The van der Waals surface area contributed by atoms with Crippen molar-refractivity contribution in [3.63, 3.8) is 0 Å². The SMILES string of the molecule is CC(=O)c1cc(C(=O)N2CCC[C@@H](CCc3ccc(F)c(F)c3)C2)[nH]n1. The number of piperidine rings is 1. The number of hydrogen-bond acceptors (Lipinski definition) is 3. The van der Waals surface area contributed by atoms with Gasteiger partial charge < -0.3 is 4.90 Å². The maximum Gasteiger partial charge on any atom is 0.271 e. The Kier molecular flexibility index (Phi) is 5.44. The van der Waals surface area contributed by atoms with Crippen LogP contribution in [0.3, 0.4) is 0 Å². The number of hydrogen-bond donors (Lipinski definition) is 1. The summed E-state index contributed by atoms with van der Waals surface area (Å²) in [4.78, 5) is 25.7. The quantitative estimate of drug-likeness (QED) is 0.831. The Morgan fingerprint density at radius 3 is 2.77 bits per heavy atom. The van der Waals surface area contributed by atoms with Gasteiger partial charge in [-0.2, -0.15) is 5.10 Å². The molecule has 0 unspecified atom stereocenters. The number of aryl methyl sites for hydroxylation is 1. The Morgan fingerprint density at radius 2 is 2.08 bits per heavy atom. The van der Waals surface area contributed by atoms with Crippen molar-refractivity contribution in [2.45, 2.75) is 32.6 Å². The van der Waals surface area contributed by atoms with Crippen LogP contribution in [0.25, 0.3) is 0 Å². The Hall–Kier alpha value is -2.57. The average Bonchev–Trinajstić information content (AvgIpc) is 3.13. The molecule has 1 atom stereocenters. The number of ketones is 1. The van der Waals surface area contributed by atoms with E-state index in [1.807, 2.05) is 0 Å². The zero-order valence-electron chi connectivity index (χ0n) is 14.6. The van der Waals surface area contributed by atoms with E-state index in [0.717, 1.165) is 30.9 Å². The van der Waals surface area contributed by atoms with Crippen LogP contribution >= 0.6 is 0 Å². The summed E-state index contributed by atoms with van der Waals surface area (Å²) >= 11 is 0. The van der Waals surface area contributed by atoms with Crippen LogP contribution in [0.5, 0.6) is 0 Å². The van der Waals surface area contributed by atoms with E-state index in [1.165, 1.54) is 19.1 Å². The highest BCUT2D eigenvalue weighted by Gasteiger charge is 2.26. The number of nitrogens with zero attached hydrogens (tertiary/aromatic N) is 2. The first-order chi connectivity index (χ1) is 12.4. The first kappa shape index (κ1) is 18.2. The number of halogens is 2. The van der Waals surface area contributed by atoms with Crippen LogP contribution in [-0.2, 0) is 6.42 Å². The lowest BCUT2D eigenvalue weighted by molar-refractivity contribution is 0.0662. The van der Waals surface area contributed by atoms with Gasteiger partial charge in [0.05, 0.1) is 0 Å². The maximum absolute atomic E-state index is 13.3. The molecule has 3 rings (SSSR count). The third-order valence-electron chi connectivity index (χ3n) is 4.80. The molecule has 0 spiro atoms. The van der Waals surface area contributed by atoms with Gasteiger partial charge in [0.2, 0.25) is 0 Å². The summed E-state index contributed by atoms with van der Waals surface area (Å²) in [5.74, 6) is -1.72. The van der Waals surface area contributed by atoms with Crippen molar-refractivity contribution in [1.29, 1.82) is 0 Å². The third-order valence-corrected chi connectivity index (χ3v) is 4.80. The van der Waals surface area contributed by atoms with Gasteiger partial charge in [-0.25, -0.2) is 8.78 Å². The Morgan fingerprint density at radius 1 is 1.27 bits per heavy atom. The van der Waals surface area contributed by atoms with E-state index in [1.54, 1.807) is 11.0 Å². The largest absolute Gasteiger partial charge is 0.337 e. The molecule has 1 fully saturated rings. The number of carbonyl (C=O) groups excluding carboxylic acids is 2. The van der Waals surface area contributed by atoms with Gasteiger partial charge in [0.25, 0.3) is 5.91 Å². The Balaban J connectivity index is 1.58. The van der Waals surface area contributed by atoms with E-state index < -0.39 is 11.6 Å². The van der Waals surface area contributed by atoms with Crippen molar-refractivity contribution in [3.8, 4) is 0 Å². The average molecular weight is 361 g/mol. The summed E-state index contributed by atoms with van der Waals surface area (Å²) in [6, 6.07) is 5.45. The molecule has 0 aliphatic carbocycles. The molecule has 0 radical (unpaired) electrons. The molecule has 0 saturated carbocycles. The first-order valence-corrected chi connectivity index (χ1v) is 8.73. The number of nitrogens with one attached hydrogen (secondary N) is 1. The number of aromatic amines is 1. The second-order valence-electron chi connectivity index (χ2n) is 6.77. The molecule has 1 N–H and O–H groups in total. The number of amides is 1. The van der Waals surface area contributed by atoms with Gasteiger partial charge in [0.15, 0.2) is 17.4 Å². The Bertz CT molecular complexity index is 819. The zero-order chi connectivity index (χ0) is 18.7. The summed E-state index contributed by atoms with van der Waals surface area (Å²) in [6.07, 6.45) is 3.33. The lowest BCUT2D eigenvalue weighted by Gasteiger charge is -2.32. The van der Waals surface area contributed by atoms with Gasteiger partial charge >= 0.3 is 0 Å². The number of aromatic nitrogens is 2. The third kappa shape index (κ3) is 4.15. The number of carbonyl (C=O) groups is 2. The number of Topliss-reactive ketones (excluding diaryl/α,β-unsaturated/α-hetero) is 1. The van der Waals surface area contributed by atoms with Crippen molar-refractivity contribution in [2.24, 2.45) is 5.92 Å². The second-order valence-corrected chi connectivity index (χ2v) is 6.77. The first-order valence-electron chi connectivity index (χ1n) is 8.73. The number of likely N-dealkylation sites (tertiary alicyclic amines) is 1. The predicted molar refractivity (Wildman–Crippen MR) is 91.9 cm³/mol. The van der Waals surface area contributed by atoms with Crippen molar-refractivity contribution in [1.82, 2.24) is 15.1 Å². The summed E-state index contributed by atoms with van der Waals surface area (Å²) in [5, 5.41) is 6.48. The summed E-state index contributed by atoms with van der Waals surface area (Å²) in [6.45, 7) is 2.67. The van der Waals surface area contributed by atoms with Crippen molar-refractivity contribution < 1.29 is 18.4 Å². The molecular weight excluding hydrogens is 340 g/mol. The fourth-order valence-corrected chi connectivity index (χ4v) is 3.33. The van der Waals surface area contributed by atoms with Crippen LogP contribution in [0, 0.1) is 17.6 Å². The molecule has 1 aromatic carbocycles. The number of benzene rings is 1. The maximum atomic E-state index is 13.3. The molecule has 138 valence electrons. The molecule has 2 heterocycles. The molecule has 1 aliphatic rings. The number of rotatable bonds is 5. The van der Waals surface area contributed by atoms with Crippen LogP contribution in [-0.4, -0.2) is 39.9 Å². The van der Waals surface area contributed by atoms with Crippen LogP contribution < -0.4 is 0 Å². The molecule has 5 nitrogen and oxygen atoms in total. The van der Waals surface area contributed by atoms with Gasteiger partial charge in [-0.1, -0.05) is 6.07 Å². The van der Waals surface area contributed by atoms with Gasteiger partial charge in [-0.3, -0.25) is 14.7 Å². The zero-order valence-corrected chi connectivity index (χ0v) is 14.6. The molecule has 0 bridgehead atoms. The lowest BCUT2D eigenvalue weighted by atomic mass is 9.91. The minimum absolute atomic E-state index is 0.164. The fourth-order valence-electron chi connectivity index (χ4n) is 3.33. The van der Waals surface area contributed by atoms with Gasteiger partial charge in [0, 0.05) is 20.0 Å². The molecule has 1 saturated heterocycles. The molecular formula is C19H21F2N3O2. The van der Waals surface area contributed by atoms with Crippen LogP contribution in [0.4, 0.5) is 8.78 Å². The smallest absolute Gasteiger partial charge is 0.271 e. The van der Waals surface area contributed by atoms with Crippen LogP contribution in [0.2, 0.25) is 0 Å².